The van der Waals surface area contributed by atoms with Crippen LogP contribution in [0.4, 0.5) is 0 Å². The van der Waals surface area contributed by atoms with E-state index in [1.165, 1.54) is 0 Å². The molecule has 3 heteroatoms. The number of hydrogen-bond donors (Lipinski definition) is 0. The summed E-state index contributed by atoms with van der Waals surface area (Å²) in [5.74, 6) is 0.425. The van der Waals surface area contributed by atoms with Gasteiger partial charge in [0.25, 0.3) is 0 Å². The van der Waals surface area contributed by atoms with Gasteiger partial charge in [-0.2, -0.15) is 0 Å². The fraction of sp³-hybridized carbons (Fsp3) is 0.500. The summed E-state index contributed by atoms with van der Waals surface area (Å²) in [5.41, 5.74) is 0. The summed E-state index contributed by atoms with van der Waals surface area (Å²) in [6.45, 7) is 3.83. The highest BCUT2D eigenvalue weighted by Gasteiger charge is 2.17. The van der Waals surface area contributed by atoms with Gasteiger partial charge in [0.15, 0.2) is 9.84 Å². The van der Waals surface area contributed by atoms with E-state index in [0.717, 1.165) is 6.42 Å². The third-order valence-electron chi connectivity index (χ3n) is 1.76. The van der Waals surface area contributed by atoms with Gasteiger partial charge in [-0.1, -0.05) is 26.0 Å². The predicted octanol–water partition coefficient (Wildman–Crippen LogP) is 2.11. The van der Waals surface area contributed by atoms with Crippen LogP contribution in [-0.4, -0.2) is 14.2 Å². The van der Waals surface area contributed by atoms with Gasteiger partial charge >= 0.3 is 0 Å². The van der Waals surface area contributed by atoms with E-state index >= 15 is 0 Å². The van der Waals surface area contributed by atoms with Crippen molar-refractivity contribution in [3.8, 4) is 0 Å². The minimum atomic E-state index is -3.03. The monoisotopic (exact) mass is 199 g/mol. The Bertz CT molecular complexity index is 321. The van der Waals surface area contributed by atoms with E-state index in [2.05, 4.69) is 0 Å². The third kappa shape index (κ3) is 2.99. The van der Waals surface area contributed by atoms with Gasteiger partial charge in [0.1, 0.15) is 0 Å². The molecule has 1 aliphatic rings. The zero-order valence-electron chi connectivity index (χ0n) is 8.03. The molecule has 0 N–H and O–H groups in total. The molecule has 0 amide bonds. The van der Waals surface area contributed by atoms with Crippen LogP contribution in [0.3, 0.4) is 0 Å². The number of hydrogen-bond acceptors (Lipinski definition) is 2. The molecule has 1 aliphatic carbocycles. The fourth-order valence-corrected chi connectivity index (χ4v) is 2.97. The average Bonchev–Trinajstić information content (AvgIpc) is 2.04. The summed E-state index contributed by atoms with van der Waals surface area (Å²) in [6.07, 6.45) is 7.89. The van der Waals surface area contributed by atoms with Crippen molar-refractivity contribution in [2.75, 3.05) is 5.75 Å². The van der Waals surface area contributed by atoms with Crippen molar-refractivity contribution in [2.45, 2.75) is 20.3 Å². The van der Waals surface area contributed by atoms with E-state index < -0.39 is 9.84 Å². The van der Waals surface area contributed by atoms with Crippen molar-refractivity contribution in [2.24, 2.45) is 5.92 Å². The maximum absolute atomic E-state index is 11.7. The second-order valence-corrected chi connectivity index (χ2v) is 5.65. The van der Waals surface area contributed by atoms with Crippen LogP contribution in [0.5, 0.6) is 0 Å². The molecule has 2 nitrogen and oxygen atoms in total. The first kappa shape index (κ1) is 10.5. The topological polar surface area (TPSA) is 34.1 Å². The summed E-state index contributed by atoms with van der Waals surface area (Å²) >= 11 is 0. The Labute approximate surface area is 80.3 Å². The Morgan fingerprint density at radius 3 is 2.62 bits per heavy atom. The van der Waals surface area contributed by atoms with Crippen LogP contribution in [0.15, 0.2) is 23.1 Å². The summed E-state index contributed by atoms with van der Waals surface area (Å²) in [5, 5.41) is 0. The maximum atomic E-state index is 11.7. The minimum absolute atomic E-state index is 0.185. The molecule has 0 atom stereocenters. The van der Waals surface area contributed by atoms with Gasteiger partial charge in [0, 0.05) is 0 Å². The van der Waals surface area contributed by atoms with E-state index in [9.17, 15) is 8.42 Å². The van der Waals surface area contributed by atoms with Gasteiger partial charge in [0.05, 0.1) is 10.7 Å². The smallest absolute Gasteiger partial charge is 0.178 e. The molecular weight excluding hydrogens is 184 g/mol. The van der Waals surface area contributed by atoms with E-state index in [4.69, 9.17) is 0 Å². The molecule has 1 rings (SSSR count). The van der Waals surface area contributed by atoms with E-state index in [0.29, 0.717) is 4.91 Å². The van der Waals surface area contributed by atoms with Crippen LogP contribution in [0.25, 0.3) is 0 Å². The average molecular weight is 199 g/mol. The molecule has 1 radical (unpaired) electrons. The predicted molar refractivity (Wildman–Crippen MR) is 54.8 cm³/mol. The Morgan fingerprint density at radius 2 is 2.15 bits per heavy atom. The Hall–Kier alpha value is -0.570. The largest absolute Gasteiger partial charge is 0.224 e. The van der Waals surface area contributed by atoms with Gasteiger partial charge in [-0.15, -0.1) is 0 Å². The maximum Gasteiger partial charge on any atom is 0.178 e. The zero-order valence-corrected chi connectivity index (χ0v) is 8.84. The molecule has 0 aromatic heterocycles. The Kier molecular flexibility index (Phi) is 3.31. The van der Waals surface area contributed by atoms with Crippen molar-refractivity contribution >= 4 is 9.84 Å². The van der Waals surface area contributed by atoms with E-state index in [1.807, 2.05) is 20.3 Å². The fourth-order valence-electron chi connectivity index (χ4n) is 1.26. The minimum Gasteiger partial charge on any atom is -0.224 e. The molecule has 0 bridgehead atoms. The van der Waals surface area contributed by atoms with Crippen LogP contribution in [0.2, 0.25) is 0 Å². The van der Waals surface area contributed by atoms with Crippen molar-refractivity contribution in [3.05, 3.63) is 29.6 Å². The van der Waals surface area contributed by atoms with Gasteiger partial charge in [-0.25, -0.2) is 8.42 Å². The zero-order chi connectivity index (χ0) is 9.90. The molecule has 73 valence electrons. The molecule has 0 spiro atoms. The lowest BCUT2D eigenvalue weighted by Crippen LogP contribution is -2.13. The first-order chi connectivity index (χ1) is 6.02. The first-order valence-corrected chi connectivity index (χ1v) is 6.10. The van der Waals surface area contributed by atoms with Gasteiger partial charge < -0.3 is 0 Å². The standard InChI is InChI=1S/C10H15O2S/c1-9(2)8-13(11,12)10-6-4-3-5-7-10/h3-4,6-7,9H,5,8H2,1-2H3. The van der Waals surface area contributed by atoms with Crippen molar-refractivity contribution in [1.29, 1.82) is 0 Å². The SMILES string of the molecule is CC(C)CS(=O)(=O)C1=CC[CH]C=C1. The summed E-state index contributed by atoms with van der Waals surface area (Å²) in [7, 11) is -3.03. The molecule has 0 aliphatic heterocycles. The van der Waals surface area contributed by atoms with Gasteiger partial charge in [0.2, 0.25) is 0 Å². The molecule has 13 heavy (non-hydrogen) atoms. The van der Waals surface area contributed by atoms with Crippen molar-refractivity contribution in [1.82, 2.24) is 0 Å². The Morgan fingerprint density at radius 1 is 1.46 bits per heavy atom. The highest BCUT2D eigenvalue weighted by Crippen LogP contribution is 2.17. The lowest BCUT2D eigenvalue weighted by atomic mass is 10.2. The second-order valence-electron chi connectivity index (χ2n) is 3.61. The van der Waals surface area contributed by atoms with E-state index in [-0.39, 0.29) is 11.7 Å². The highest BCUT2D eigenvalue weighted by atomic mass is 32.2. The van der Waals surface area contributed by atoms with Crippen LogP contribution in [0.1, 0.15) is 20.3 Å². The van der Waals surface area contributed by atoms with Gasteiger partial charge in [-0.3, -0.25) is 0 Å². The molecule has 0 unspecified atom stereocenters. The summed E-state index contributed by atoms with van der Waals surface area (Å²) < 4.78 is 23.3. The van der Waals surface area contributed by atoms with Crippen LogP contribution >= 0.6 is 0 Å². The summed E-state index contributed by atoms with van der Waals surface area (Å²) in [4.78, 5) is 0.476. The molecule has 0 heterocycles. The number of rotatable bonds is 3. The van der Waals surface area contributed by atoms with Gasteiger partial charge in [-0.05, 0) is 24.8 Å². The number of allylic oxidation sites excluding steroid dienone is 3. The molecule has 0 saturated carbocycles. The molecule has 0 fully saturated rings. The van der Waals surface area contributed by atoms with Crippen molar-refractivity contribution < 1.29 is 8.42 Å². The second kappa shape index (κ2) is 4.09. The quantitative estimate of drug-likeness (QED) is 0.697. The highest BCUT2D eigenvalue weighted by molar-refractivity contribution is 7.95. The lowest BCUT2D eigenvalue weighted by molar-refractivity contribution is 0.589. The van der Waals surface area contributed by atoms with Crippen LogP contribution in [-0.2, 0) is 9.84 Å². The van der Waals surface area contributed by atoms with Crippen LogP contribution in [0, 0.1) is 12.3 Å². The molecule has 0 aromatic carbocycles. The lowest BCUT2D eigenvalue weighted by Gasteiger charge is -2.09. The Balaban J connectivity index is 2.81. The van der Waals surface area contributed by atoms with E-state index in [1.54, 1.807) is 18.2 Å². The number of sulfone groups is 1. The normalized spacial score (nSPS) is 17.6. The molecular formula is C10H15O2S. The summed E-state index contributed by atoms with van der Waals surface area (Å²) in [6, 6.07) is 0. The molecule has 0 saturated heterocycles. The first-order valence-electron chi connectivity index (χ1n) is 4.45. The van der Waals surface area contributed by atoms with Crippen molar-refractivity contribution in [3.63, 3.8) is 0 Å². The third-order valence-corrected chi connectivity index (χ3v) is 3.89. The molecule has 0 aromatic rings. The van der Waals surface area contributed by atoms with Crippen LogP contribution < -0.4 is 0 Å².